The SMILES string of the molecule is Cc1c(C#N)ccc(OC2C(C)(C)C(NC(=O)c3ccc(N4CCC(CC5CCC(O)CC5)CC4)cc3)C2(C)C)c1C. The van der Waals surface area contributed by atoms with Gasteiger partial charge in [0.05, 0.1) is 17.7 Å². The molecule has 3 aliphatic rings. The number of rotatable bonds is 7. The summed E-state index contributed by atoms with van der Waals surface area (Å²) in [6.45, 7) is 14.7. The van der Waals surface area contributed by atoms with Gasteiger partial charge in [-0.15, -0.1) is 0 Å². The number of benzene rings is 2. The molecule has 2 saturated carbocycles. The number of nitriles is 1. The number of anilines is 1. The maximum atomic E-state index is 13.4. The highest BCUT2D eigenvalue weighted by atomic mass is 16.5. The molecule has 6 nitrogen and oxygen atoms in total. The van der Waals surface area contributed by atoms with Crippen LogP contribution in [0.1, 0.15) is 99.7 Å². The van der Waals surface area contributed by atoms with Crippen LogP contribution < -0.4 is 15.0 Å². The van der Waals surface area contributed by atoms with Gasteiger partial charge in [-0.2, -0.15) is 5.26 Å². The molecular formula is C36H49N3O3. The van der Waals surface area contributed by atoms with E-state index in [1.54, 1.807) is 0 Å². The lowest BCUT2D eigenvalue weighted by Gasteiger charge is -2.63. The summed E-state index contributed by atoms with van der Waals surface area (Å²) in [5.41, 5.74) is 3.94. The minimum Gasteiger partial charge on any atom is -0.489 e. The number of aliphatic hydroxyl groups excluding tert-OH is 1. The number of ether oxygens (including phenoxy) is 1. The van der Waals surface area contributed by atoms with Gasteiger partial charge in [-0.25, -0.2) is 0 Å². The Morgan fingerprint density at radius 3 is 2.12 bits per heavy atom. The van der Waals surface area contributed by atoms with Crippen molar-refractivity contribution < 1.29 is 14.6 Å². The van der Waals surface area contributed by atoms with Crippen LogP contribution in [0.4, 0.5) is 5.69 Å². The molecule has 2 N–H and O–H groups in total. The summed E-state index contributed by atoms with van der Waals surface area (Å²) in [5.74, 6) is 2.33. The van der Waals surface area contributed by atoms with Gasteiger partial charge >= 0.3 is 0 Å². The van der Waals surface area contributed by atoms with E-state index in [0.29, 0.717) is 11.1 Å². The number of piperidine rings is 1. The van der Waals surface area contributed by atoms with Crippen molar-refractivity contribution in [3.05, 3.63) is 58.7 Å². The molecule has 1 amide bonds. The molecule has 0 atom stereocenters. The molecule has 0 radical (unpaired) electrons. The lowest BCUT2D eigenvalue weighted by molar-refractivity contribution is -0.164. The number of carbonyl (C=O) groups excluding carboxylic acids is 1. The topological polar surface area (TPSA) is 85.6 Å². The number of hydrogen-bond acceptors (Lipinski definition) is 5. The van der Waals surface area contributed by atoms with Gasteiger partial charge in [0, 0.05) is 41.2 Å². The first-order chi connectivity index (χ1) is 19.9. The first-order valence-corrected chi connectivity index (χ1v) is 15.9. The van der Waals surface area contributed by atoms with Gasteiger partial charge in [-0.05, 0) is 118 Å². The van der Waals surface area contributed by atoms with Gasteiger partial charge in [0.15, 0.2) is 0 Å². The van der Waals surface area contributed by atoms with Gasteiger partial charge in [0.25, 0.3) is 5.91 Å². The minimum atomic E-state index is -0.269. The normalized spacial score (nSPS) is 27.0. The molecule has 226 valence electrons. The van der Waals surface area contributed by atoms with Crippen molar-refractivity contribution in [3.63, 3.8) is 0 Å². The van der Waals surface area contributed by atoms with Crippen LogP contribution in [0.5, 0.6) is 5.75 Å². The highest BCUT2D eigenvalue weighted by molar-refractivity contribution is 5.95. The van der Waals surface area contributed by atoms with Crippen molar-refractivity contribution in [2.45, 2.75) is 105 Å². The molecule has 0 spiro atoms. The van der Waals surface area contributed by atoms with Crippen molar-refractivity contribution in [2.75, 3.05) is 18.0 Å². The summed E-state index contributed by atoms with van der Waals surface area (Å²) in [4.78, 5) is 15.8. The fraction of sp³-hybridized carbons (Fsp3) is 0.611. The molecule has 1 heterocycles. The Hall–Kier alpha value is -3.04. The average molecular weight is 572 g/mol. The van der Waals surface area contributed by atoms with E-state index in [9.17, 15) is 15.2 Å². The van der Waals surface area contributed by atoms with E-state index in [0.717, 1.165) is 54.6 Å². The minimum absolute atomic E-state index is 0.0478. The highest BCUT2D eigenvalue weighted by Crippen LogP contribution is 2.56. The first kappa shape index (κ1) is 30.4. The molecule has 2 aromatic carbocycles. The molecular weight excluding hydrogens is 522 g/mol. The van der Waals surface area contributed by atoms with Gasteiger partial charge < -0.3 is 20.1 Å². The van der Waals surface area contributed by atoms with Gasteiger partial charge in [0.2, 0.25) is 0 Å². The number of hydrogen-bond donors (Lipinski definition) is 2. The van der Waals surface area contributed by atoms with E-state index in [2.05, 4.69) is 56.1 Å². The van der Waals surface area contributed by atoms with E-state index < -0.39 is 0 Å². The van der Waals surface area contributed by atoms with Crippen LogP contribution in [0.25, 0.3) is 0 Å². The standard InChI is InChI=1S/C36H49N3O3/c1-23-24(2)31(16-11-28(23)22-37)42-34-35(3,4)33(36(34,5)6)38-32(41)27-9-12-29(13-10-27)39-19-17-26(18-20-39)21-25-7-14-30(40)15-8-25/h9-13,16,25-26,30,33-34,40H,7-8,14-15,17-21H2,1-6H3,(H,38,41). The smallest absolute Gasteiger partial charge is 0.251 e. The lowest BCUT2D eigenvalue weighted by Crippen LogP contribution is -2.74. The first-order valence-electron chi connectivity index (χ1n) is 15.9. The van der Waals surface area contributed by atoms with Gasteiger partial charge in [-0.3, -0.25) is 4.79 Å². The van der Waals surface area contributed by atoms with Crippen molar-refractivity contribution in [2.24, 2.45) is 22.7 Å². The Kier molecular flexibility index (Phi) is 8.63. The van der Waals surface area contributed by atoms with E-state index in [-0.39, 0.29) is 35.0 Å². The van der Waals surface area contributed by atoms with E-state index in [4.69, 9.17) is 4.74 Å². The van der Waals surface area contributed by atoms with Crippen LogP contribution in [0, 0.1) is 47.8 Å². The van der Waals surface area contributed by atoms with Crippen LogP contribution in [-0.4, -0.2) is 42.4 Å². The largest absolute Gasteiger partial charge is 0.489 e. The fourth-order valence-electron chi connectivity index (χ4n) is 8.29. The molecule has 0 unspecified atom stereocenters. The van der Waals surface area contributed by atoms with E-state index in [1.807, 2.05) is 38.1 Å². The summed E-state index contributed by atoms with van der Waals surface area (Å²) in [6.07, 6.45) is 7.92. The fourth-order valence-corrected chi connectivity index (χ4v) is 8.29. The van der Waals surface area contributed by atoms with Gasteiger partial charge in [0.1, 0.15) is 11.9 Å². The summed E-state index contributed by atoms with van der Waals surface area (Å²) in [6, 6.07) is 14.0. The van der Waals surface area contributed by atoms with Crippen molar-refractivity contribution in [3.8, 4) is 11.8 Å². The van der Waals surface area contributed by atoms with Crippen molar-refractivity contribution >= 4 is 11.6 Å². The Labute approximate surface area is 252 Å². The maximum Gasteiger partial charge on any atom is 0.251 e. The Balaban J connectivity index is 1.15. The molecule has 1 saturated heterocycles. The Morgan fingerprint density at radius 1 is 0.929 bits per heavy atom. The Bertz CT molecular complexity index is 1290. The molecule has 6 heteroatoms. The van der Waals surface area contributed by atoms with Gasteiger partial charge in [-0.1, -0.05) is 27.7 Å². The second-order valence-electron chi connectivity index (χ2n) is 14.4. The highest BCUT2D eigenvalue weighted by Gasteiger charge is 2.64. The zero-order chi connectivity index (χ0) is 30.2. The van der Waals surface area contributed by atoms with Crippen LogP contribution in [0.15, 0.2) is 36.4 Å². The average Bonchev–Trinajstić information content (AvgIpc) is 2.98. The molecule has 0 aromatic heterocycles. The van der Waals surface area contributed by atoms with Crippen molar-refractivity contribution in [1.29, 1.82) is 5.26 Å². The van der Waals surface area contributed by atoms with E-state index >= 15 is 0 Å². The number of amides is 1. The summed E-state index contributed by atoms with van der Waals surface area (Å²) < 4.78 is 6.57. The van der Waals surface area contributed by atoms with Crippen LogP contribution in [-0.2, 0) is 0 Å². The molecule has 1 aliphatic heterocycles. The molecule has 2 aliphatic carbocycles. The zero-order valence-electron chi connectivity index (χ0n) is 26.4. The molecule has 3 fully saturated rings. The van der Waals surface area contributed by atoms with Crippen LogP contribution in [0.2, 0.25) is 0 Å². The maximum absolute atomic E-state index is 13.4. The summed E-state index contributed by atoms with van der Waals surface area (Å²) in [5, 5.41) is 22.5. The predicted molar refractivity (Wildman–Crippen MR) is 168 cm³/mol. The third-order valence-corrected chi connectivity index (χ3v) is 10.8. The lowest BCUT2D eigenvalue weighted by atomic mass is 9.49. The number of nitrogens with zero attached hydrogens (tertiary/aromatic N) is 2. The monoisotopic (exact) mass is 571 g/mol. The quantitative estimate of drug-likeness (QED) is 0.376. The second kappa shape index (κ2) is 11.9. The van der Waals surface area contributed by atoms with Crippen LogP contribution in [0.3, 0.4) is 0 Å². The van der Waals surface area contributed by atoms with Crippen LogP contribution >= 0.6 is 0 Å². The molecule has 2 aromatic rings. The van der Waals surface area contributed by atoms with E-state index in [1.165, 1.54) is 37.8 Å². The molecule has 42 heavy (non-hydrogen) atoms. The Morgan fingerprint density at radius 2 is 1.52 bits per heavy atom. The third kappa shape index (κ3) is 5.91. The number of carbonyl (C=O) groups is 1. The summed E-state index contributed by atoms with van der Waals surface area (Å²) in [7, 11) is 0. The number of aliphatic hydroxyl groups is 1. The molecule has 0 bridgehead atoms. The number of nitrogens with one attached hydrogen (secondary N) is 1. The zero-order valence-corrected chi connectivity index (χ0v) is 26.4. The third-order valence-electron chi connectivity index (χ3n) is 10.8. The second-order valence-corrected chi connectivity index (χ2v) is 14.4. The van der Waals surface area contributed by atoms with Crippen molar-refractivity contribution in [1.82, 2.24) is 5.32 Å². The molecule has 5 rings (SSSR count). The summed E-state index contributed by atoms with van der Waals surface area (Å²) >= 11 is 0. The predicted octanol–water partition coefficient (Wildman–Crippen LogP) is 6.94.